The van der Waals surface area contributed by atoms with E-state index in [1.807, 2.05) is 0 Å². The number of amides is 6. The third-order valence-electron chi connectivity index (χ3n) is 4.61. The van der Waals surface area contributed by atoms with Crippen LogP contribution in [-0.2, 0) is 43.2 Å². The van der Waals surface area contributed by atoms with Crippen LogP contribution < -0.4 is 37.6 Å². The van der Waals surface area contributed by atoms with Crippen LogP contribution in [-0.4, -0.2) is 108 Å². The summed E-state index contributed by atoms with van der Waals surface area (Å²) in [6.07, 6.45) is -1.23. The van der Waals surface area contributed by atoms with Gasteiger partial charge in [0.2, 0.25) is 35.4 Å². The molecule has 0 aromatic carbocycles. The first-order valence-corrected chi connectivity index (χ1v) is 11.5. The molecule has 39 heavy (non-hydrogen) atoms. The van der Waals surface area contributed by atoms with E-state index in [1.165, 1.54) is 6.92 Å². The van der Waals surface area contributed by atoms with Crippen molar-refractivity contribution in [3.05, 3.63) is 0 Å². The van der Waals surface area contributed by atoms with Gasteiger partial charge in [-0.15, -0.1) is 0 Å². The molecular weight excluding hydrogens is 526 g/mol. The highest BCUT2D eigenvalue weighted by Gasteiger charge is 2.22. The largest absolute Gasteiger partial charge is 0.480 e. The van der Waals surface area contributed by atoms with Gasteiger partial charge in [0.1, 0.15) is 17.9 Å². The molecule has 0 saturated heterocycles. The summed E-state index contributed by atoms with van der Waals surface area (Å²) in [5.74, 6) is -7.27. The summed E-state index contributed by atoms with van der Waals surface area (Å²) in [6, 6.07) is -2.72. The molecule has 0 saturated carbocycles. The second-order valence-corrected chi connectivity index (χ2v) is 8.07. The van der Waals surface area contributed by atoms with Crippen LogP contribution in [0.3, 0.4) is 0 Å². The molecule has 2 atom stereocenters. The molecule has 0 rings (SSSR count). The SMILES string of the molecule is CC(=O)CNC(=O)CNC(=O)CNC(=O)CNC(=O)CNC(=O)CC[C@H](NC(=O)CC[C@H](N)C(=O)O)C(=O)O. The third-order valence-corrected chi connectivity index (χ3v) is 4.61. The molecule has 0 aromatic rings. The van der Waals surface area contributed by atoms with Crippen LogP contribution in [0.2, 0.25) is 0 Å². The number of aliphatic carboxylic acids is 2. The van der Waals surface area contributed by atoms with Gasteiger partial charge in [-0.2, -0.15) is 0 Å². The Bertz CT molecular complexity index is 955. The monoisotopic (exact) mass is 559 g/mol. The molecule has 0 spiro atoms. The van der Waals surface area contributed by atoms with Gasteiger partial charge in [0.25, 0.3) is 0 Å². The Morgan fingerprint density at radius 3 is 1.33 bits per heavy atom. The topological polar surface area (TPSA) is 292 Å². The van der Waals surface area contributed by atoms with E-state index in [-0.39, 0.29) is 38.0 Å². The summed E-state index contributed by atoms with van der Waals surface area (Å²) in [5.41, 5.74) is 5.27. The van der Waals surface area contributed by atoms with Crippen molar-refractivity contribution in [2.24, 2.45) is 5.73 Å². The molecule has 0 bridgehead atoms. The number of carbonyl (C=O) groups is 9. The van der Waals surface area contributed by atoms with Gasteiger partial charge in [-0.3, -0.25) is 38.4 Å². The molecule has 0 radical (unpaired) electrons. The van der Waals surface area contributed by atoms with Gasteiger partial charge in [-0.25, -0.2) is 4.79 Å². The third kappa shape index (κ3) is 18.3. The Morgan fingerprint density at radius 2 is 0.949 bits per heavy atom. The van der Waals surface area contributed by atoms with Gasteiger partial charge in [0, 0.05) is 12.8 Å². The molecule has 18 nitrogen and oxygen atoms in total. The molecule has 0 heterocycles. The number of carboxylic acids is 2. The highest BCUT2D eigenvalue weighted by Crippen LogP contribution is 2.01. The van der Waals surface area contributed by atoms with Gasteiger partial charge >= 0.3 is 11.9 Å². The normalized spacial score (nSPS) is 11.6. The zero-order chi connectivity index (χ0) is 30.0. The van der Waals surface area contributed by atoms with Gasteiger partial charge in [-0.05, 0) is 19.8 Å². The van der Waals surface area contributed by atoms with Crippen LogP contribution >= 0.6 is 0 Å². The van der Waals surface area contributed by atoms with Crippen molar-refractivity contribution >= 4 is 53.2 Å². The first-order chi connectivity index (χ1) is 18.2. The highest BCUT2D eigenvalue weighted by atomic mass is 16.4. The number of carbonyl (C=O) groups excluding carboxylic acids is 7. The molecule has 0 aliphatic rings. The lowest BCUT2D eigenvalue weighted by Crippen LogP contribution is -2.46. The highest BCUT2D eigenvalue weighted by molar-refractivity contribution is 5.92. The molecule has 0 unspecified atom stereocenters. The Labute approximate surface area is 222 Å². The minimum absolute atomic E-state index is 0.180. The number of Topliss-reactive ketones (excluding diaryl/α,β-unsaturated/α-hetero) is 1. The Balaban J connectivity index is 4.19. The molecule has 6 amide bonds. The van der Waals surface area contributed by atoms with Crippen molar-refractivity contribution in [3.63, 3.8) is 0 Å². The number of rotatable bonds is 19. The molecule has 218 valence electrons. The second kappa shape index (κ2) is 18.6. The van der Waals surface area contributed by atoms with Crippen LogP contribution in [0.4, 0.5) is 0 Å². The minimum atomic E-state index is -1.44. The summed E-state index contributed by atoms with van der Waals surface area (Å²) in [5, 5.41) is 31.1. The quantitative estimate of drug-likeness (QED) is 0.0717. The maximum atomic E-state index is 11.9. The number of hydrogen-bond donors (Lipinski definition) is 9. The molecule has 18 heteroatoms. The second-order valence-electron chi connectivity index (χ2n) is 8.07. The summed E-state index contributed by atoms with van der Waals surface area (Å²) < 4.78 is 0. The van der Waals surface area contributed by atoms with Crippen molar-refractivity contribution in [2.75, 3.05) is 32.7 Å². The first-order valence-electron chi connectivity index (χ1n) is 11.5. The molecule has 10 N–H and O–H groups in total. The van der Waals surface area contributed by atoms with Crippen molar-refractivity contribution in [1.29, 1.82) is 0 Å². The fourth-order valence-corrected chi connectivity index (χ4v) is 2.49. The first kappa shape index (κ1) is 34.4. The van der Waals surface area contributed by atoms with E-state index < -0.39 is 85.6 Å². The van der Waals surface area contributed by atoms with Gasteiger partial charge in [0.05, 0.1) is 32.7 Å². The summed E-state index contributed by atoms with van der Waals surface area (Å²) in [6.45, 7) is -0.867. The molecule has 0 aliphatic carbocycles. The van der Waals surface area contributed by atoms with Crippen LogP contribution in [0.5, 0.6) is 0 Å². The Kier molecular flexibility index (Phi) is 16.4. The van der Waals surface area contributed by atoms with Crippen LogP contribution in [0.15, 0.2) is 0 Å². The number of carboxylic acid groups (broad SMARTS) is 2. The van der Waals surface area contributed by atoms with Crippen molar-refractivity contribution in [2.45, 2.75) is 44.7 Å². The van der Waals surface area contributed by atoms with Crippen molar-refractivity contribution < 1.29 is 53.4 Å². The molecule has 0 aliphatic heterocycles. The minimum Gasteiger partial charge on any atom is -0.480 e. The number of nitrogens with one attached hydrogen (secondary N) is 6. The fourth-order valence-electron chi connectivity index (χ4n) is 2.49. The lowest BCUT2D eigenvalue weighted by atomic mass is 10.1. The van der Waals surface area contributed by atoms with E-state index >= 15 is 0 Å². The van der Waals surface area contributed by atoms with E-state index in [2.05, 4.69) is 31.9 Å². The molecular formula is C21H33N7O11. The van der Waals surface area contributed by atoms with Crippen LogP contribution in [0.1, 0.15) is 32.6 Å². The van der Waals surface area contributed by atoms with E-state index in [9.17, 15) is 48.3 Å². The van der Waals surface area contributed by atoms with Gasteiger partial charge in [-0.1, -0.05) is 0 Å². The summed E-state index contributed by atoms with van der Waals surface area (Å²) in [7, 11) is 0. The molecule has 0 aromatic heterocycles. The average Bonchev–Trinajstić information content (AvgIpc) is 2.87. The number of hydrogen-bond acceptors (Lipinski definition) is 10. The van der Waals surface area contributed by atoms with E-state index in [1.54, 1.807) is 0 Å². The van der Waals surface area contributed by atoms with E-state index in [4.69, 9.17) is 10.8 Å². The lowest BCUT2D eigenvalue weighted by molar-refractivity contribution is -0.142. The Morgan fingerprint density at radius 1 is 0.564 bits per heavy atom. The maximum absolute atomic E-state index is 11.9. The van der Waals surface area contributed by atoms with Gasteiger partial charge < -0.3 is 47.8 Å². The maximum Gasteiger partial charge on any atom is 0.326 e. The van der Waals surface area contributed by atoms with E-state index in [0.717, 1.165) is 0 Å². The lowest BCUT2D eigenvalue weighted by Gasteiger charge is -2.15. The Hall–Kier alpha value is -4.61. The average molecular weight is 560 g/mol. The summed E-state index contributed by atoms with van der Waals surface area (Å²) in [4.78, 5) is 103. The van der Waals surface area contributed by atoms with Crippen LogP contribution in [0, 0.1) is 0 Å². The fraction of sp³-hybridized carbons (Fsp3) is 0.571. The predicted molar refractivity (Wildman–Crippen MR) is 129 cm³/mol. The van der Waals surface area contributed by atoms with Crippen molar-refractivity contribution in [1.82, 2.24) is 31.9 Å². The standard InChI is InChI=1S/C21H33N7O11/c1-11(29)6-23-16(32)8-25-18(34)10-27-19(35)9-26-17(33)7-24-14(30)5-3-13(21(38)39)28-15(31)4-2-12(22)20(36)37/h12-13H,2-10,22H2,1H3,(H,23,32)(H,24,30)(H,25,34)(H,26,33)(H,27,35)(H,28,31)(H,36,37)(H,38,39)/t12-,13-/m0/s1. The number of ketones is 1. The van der Waals surface area contributed by atoms with E-state index in [0.29, 0.717) is 0 Å². The zero-order valence-corrected chi connectivity index (χ0v) is 21.2. The molecule has 0 fully saturated rings. The smallest absolute Gasteiger partial charge is 0.326 e. The van der Waals surface area contributed by atoms with Crippen LogP contribution in [0.25, 0.3) is 0 Å². The summed E-state index contributed by atoms with van der Waals surface area (Å²) >= 11 is 0. The van der Waals surface area contributed by atoms with Gasteiger partial charge in [0.15, 0.2) is 0 Å². The zero-order valence-electron chi connectivity index (χ0n) is 21.2. The number of nitrogens with two attached hydrogens (primary N) is 1. The van der Waals surface area contributed by atoms with Crippen molar-refractivity contribution in [3.8, 4) is 0 Å². The predicted octanol–water partition coefficient (Wildman–Crippen LogP) is -5.30.